The highest BCUT2D eigenvalue weighted by atomic mass is 35.5. The van der Waals surface area contributed by atoms with Crippen LogP contribution >= 0.6 is 11.6 Å². The third kappa shape index (κ3) is 2.74. The number of aryl methyl sites for hydroxylation is 1. The zero-order valence-electron chi connectivity index (χ0n) is 9.90. The molecule has 0 unspecified atom stereocenters. The molecule has 0 aliphatic carbocycles. The number of aromatic amines is 1. The molecule has 0 atom stereocenters. The second kappa shape index (κ2) is 5.11. The summed E-state index contributed by atoms with van der Waals surface area (Å²) in [7, 11) is 0. The molecule has 0 saturated heterocycles. The number of nitrogens with zero attached hydrogens (tertiary/aromatic N) is 1. The van der Waals surface area contributed by atoms with E-state index in [1.54, 1.807) is 6.92 Å². The lowest BCUT2D eigenvalue weighted by Crippen LogP contribution is -2.15. The number of H-pyrrole nitrogens is 1. The summed E-state index contributed by atoms with van der Waals surface area (Å²) in [5, 5.41) is 18.3. The zero-order valence-corrected chi connectivity index (χ0v) is 10.7. The number of rotatable bonds is 3. The number of carboxylic acids is 1. The van der Waals surface area contributed by atoms with Crippen LogP contribution in [0.1, 0.15) is 26.4 Å². The van der Waals surface area contributed by atoms with E-state index in [1.807, 2.05) is 0 Å². The van der Waals surface area contributed by atoms with Crippen molar-refractivity contribution < 1.29 is 14.7 Å². The monoisotopic (exact) mass is 279 g/mol. The fourth-order valence-corrected chi connectivity index (χ4v) is 1.75. The number of nitrogens with one attached hydrogen (secondary N) is 2. The summed E-state index contributed by atoms with van der Waals surface area (Å²) in [5.74, 6) is -1.59. The van der Waals surface area contributed by atoms with Gasteiger partial charge in [-0.25, -0.2) is 4.79 Å². The first-order valence-electron chi connectivity index (χ1n) is 5.33. The van der Waals surface area contributed by atoms with Gasteiger partial charge in [-0.2, -0.15) is 5.10 Å². The van der Waals surface area contributed by atoms with Crippen LogP contribution in [-0.2, 0) is 0 Å². The van der Waals surface area contributed by atoms with E-state index in [0.29, 0.717) is 16.3 Å². The Morgan fingerprint density at radius 1 is 1.37 bits per heavy atom. The molecule has 2 rings (SSSR count). The van der Waals surface area contributed by atoms with Crippen molar-refractivity contribution in [2.75, 3.05) is 5.32 Å². The summed E-state index contributed by atoms with van der Waals surface area (Å²) in [5.41, 5.74) is 1.05. The van der Waals surface area contributed by atoms with E-state index in [1.165, 1.54) is 24.4 Å². The molecule has 98 valence electrons. The molecule has 1 heterocycles. The molecule has 1 aromatic carbocycles. The summed E-state index contributed by atoms with van der Waals surface area (Å²) in [6, 6.07) is 4.17. The number of aromatic nitrogens is 2. The molecule has 0 saturated carbocycles. The van der Waals surface area contributed by atoms with E-state index in [-0.39, 0.29) is 11.3 Å². The number of aromatic carboxylic acids is 1. The van der Waals surface area contributed by atoms with Gasteiger partial charge >= 0.3 is 5.97 Å². The van der Waals surface area contributed by atoms with E-state index in [9.17, 15) is 9.59 Å². The van der Waals surface area contributed by atoms with Crippen molar-refractivity contribution in [2.24, 2.45) is 0 Å². The van der Waals surface area contributed by atoms with Crippen LogP contribution in [0.5, 0.6) is 0 Å². The molecule has 1 amide bonds. The van der Waals surface area contributed by atoms with Gasteiger partial charge in [-0.15, -0.1) is 0 Å². The normalized spacial score (nSPS) is 10.2. The molecule has 3 N–H and O–H groups in total. The van der Waals surface area contributed by atoms with Gasteiger partial charge in [0.2, 0.25) is 0 Å². The molecule has 19 heavy (non-hydrogen) atoms. The summed E-state index contributed by atoms with van der Waals surface area (Å²) in [6.45, 7) is 1.69. The van der Waals surface area contributed by atoms with Crippen molar-refractivity contribution in [3.05, 3.63) is 46.2 Å². The number of hydrogen-bond donors (Lipinski definition) is 3. The minimum atomic E-state index is -1.14. The van der Waals surface area contributed by atoms with Gasteiger partial charge in [0.05, 0.1) is 23.0 Å². The third-order valence-corrected chi connectivity index (χ3v) is 2.77. The highest BCUT2D eigenvalue weighted by Gasteiger charge is 2.16. The van der Waals surface area contributed by atoms with Gasteiger partial charge in [-0.1, -0.05) is 11.6 Å². The van der Waals surface area contributed by atoms with Crippen LogP contribution in [0.2, 0.25) is 5.02 Å². The maximum Gasteiger partial charge on any atom is 0.337 e. The quantitative estimate of drug-likeness (QED) is 0.803. The zero-order chi connectivity index (χ0) is 14.0. The second-order valence-corrected chi connectivity index (χ2v) is 4.29. The molecular weight excluding hydrogens is 270 g/mol. The molecule has 7 heteroatoms. The molecule has 0 radical (unpaired) electrons. The van der Waals surface area contributed by atoms with E-state index < -0.39 is 11.9 Å². The Morgan fingerprint density at radius 3 is 2.68 bits per heavy atom. The summed E-state index contributed by atoms with van der Waals surface area (Å²) >= 11 is 5.80. The lowest BCUT2D eigenvalue weighted by atomic mass is 10.1. The average Bonchev–Trinajstić information content (AvgIpc) is 2.75. The minimum absolute atomic E-state index is 0.0288. The standard InChI is InChI=1S/C12H10ClN3O3/c1-6-9(5-14-16-6)11(17)15-10-4-7(13)2-3-8(10)12(18)19/h2-5H,1H3,(H,14,16)(H,15,17)(H,18,19). The maximum absolute atomic E-state index is 12.0. The van der Waals surface area contributed by atoms with Gasteiger partial charge in [0.15, 0.2) is 0 Å². The first kappa shape index (κ1) is 13.1. The number of carbonyl (C=O) groups excluding carboxylic acids is 1. The number of amides is 1. The number of halogens is 1. The van der Waals surface area contributed by atoms with Gasteiger partial charge < -0.3 is 10.4 Å². The van der Waals surface area contributed by atoms with Crippen LogP contribution in [0.4, 0.5) is 5.69 Å². The number of carbonyl (C=O) groups is 2. The fourth-order valence-electron chi connectivity index (χ4n) is 1.58. The lowest BCUT2D eigenvalue weighted by molar-refractivity contribution is 0.0698. The Balaban J connectivity index is 2.33. The first-order valence-corrected chi connectivity index (χ1v) is 5.71. The predicted octanol–water partition coefficient (Wildman–Crippen LogP) is 2.32. The minimum Gasteiger partial charge on any atom is -0.478 e. The molecule has 6 nitrogen and oxygen atoms in total. The Labute approximate surface area is 113 Å². The Kier molecular flexibility index (Phi) is 3.52. The van der Waals surface area contributed by atoms with Crippen LogP contribution in [0, 0.1) is 6.92 Å². The molecule has 1 aromatic heterocycles. The van der Waals surface area contributed by atoms with Gasteiger partial charge in [0.1, 0.15) is 0 Å². The maximum atomic E-state index is 12.0. The molecule has 0 bridgehead atoms. The highest BCUT2D eigenvalue weighted by Crippen LogP contribution is 2.22. The topological polar surface area (TPSA) is 95.1 Å². The van der Waals surface area contributed by atoms with Crippen LogP contribution < -0.4 is 5.32 Å². The smallest absolute Gasteiger partial charge is 0.337 e. The number of carboxylic acid groups (broad SMARTS) is 1. The predicted molar refractivity (Wildman–Crippen MR) is 69.7 cm³/mol. The Bertz CT molecular complexity index is 651. The molecule has 2 aromatic rings. The van der Waals surface area contributed by atoms with E-state index in [4.69, 9.17) is 16.7 Å². The first-order chi connectivity index (χ1) is 8.99. The van der Waals surface area contributed by atoms with Crippen molar-refractivity contribution in [3.8, 4) is 0 Å². The third-order valence-electron chi connectivity index (χ3n) is 2.53. The van der Waals surface area contributed by atoms with Crippen LogP contribution in [0.25, 0.3) is 0 Å². The van der Waals surface area contributed by atoms with Crippen LogP contribution in [0.15, 0.2) is 24.4 Å². The van der Waals surface area contributed by atoms with Crippen molar-refractivity contribution in [1.29, 1.82) is 0 Å². The van der Waals surface area contributed by atoms with Gasteiger partial charge in [-0.3, -0.25) is 9.89 Å². The van der Waals surface area contributed by atoms with E-state index in [0.717, 1.165) is 0 Å². The SMILES string of the molecule is Cc1[nH]ncc1C(=O)Nc1cc(Cl)ccc1C(=O)O. The highest BCUT2D eigenvalue weighted by molar-refractivity contribution is 6.31. The van der Waals surface area contributed by atoms with E-state index in [2.05, 4.69) is 15.5 Å². The van der Waals surface area contributed by atoms with Crippen molar-refractivity contribution >= 4 is 29.2 Å². The molecular formula is C12H10ClN3O3. The van der Waals surface area contributed by atoms with Gasteiger partial charge in [0.25, 0.3) is 5.91 Å². The number of benzene rings is 1. The molecule has 0 aliphatic heterocycles. The fraction of sp³-hybridized carbons (Fsp3) is 0.0833. The molecule has 0 fully saturated rings. The number of hydrogen-bond acceptors (Lipinski definition) is 3. The number of anilines is 1. The summed E-state index contributed by atoms with van der Waals surface area (Å²) < 4.78 is 0. The Hall–Kier alpha value is -2.34. The summed E-state index contributed by atoms with van der Waals surface area (Å²) in [6.07, 6.45) is 1.37. The van der Waals surface area contributed by atoms with Crippen molar-refractivity contribution in [1.82, 2.24) is 10.2 Å². The van der Waals surface area contributed by atoms with Crippen molar-refractivity contribution in [3.63, 3.8) is 0 Å². The van der Waals surface area contributed by atoms with Gasteiger partial charge in [0, 0.05) is 10.7 Å². The van der Waals surface area contributed by atoms with Crippen LogP contribution in [0.3, 0.4) is 0 Å². The molecule has 0 aliphatic rings. The average molecular weight is 280 g/mol. The molecule has 0 spiro atoms. The largest absolute Gasteiger partial charge is 0.478 e. The Morgan fingerprint density at radius 2 is 2.11 bits per heavy atom. The lowest BCUT2D eigenvalue weighted by Gasteiger charge is -2.08. The van der Waals surface area contributed by atoms with Crippen LogP contribution in [-0.4, -0.2) is 27.2 Å². The van der Waals surface area contributed by atoms with Gasteiger partial charge in [-0.05, 0) is 25.1 Å². The van der Waals surface area contributed by atoms with Crippen molar-refractivity contribution in [2.45, 2.75) is 6.92 Å². The summed E-state index contributed by atoms with van der Waals surface area (Å²) in [4.78, 5) is 23.0. The second-order valence-electron chi connectivity index (χ2n) is 3.86. The van der Waals surface area contributed by atoms with E-state index >= 15 is 0 Å².